The number of aromatic nitrogens is 1. The fourth-order valence-corrected chi connectivity index (χ4v) is 2.00. The highest BCUT2D eigenvalue weighted by molar-refractivity contribution is 5.50. The van der Waals surface area contributed by atoms with E-state index in [1.54, 1.807) is 18.3 Å². The van der Waals surface area contributed by atoms with Gasteiger partial charge in [0.2, 0.25) is 0 Å². The molecule has 0 amide bonds. The molecule has 0 atom stereocenters. The quantitative estimate of drug-likeness (QED) is 0.871. The second-order valence-electron chi connectivity index (χ2n) is 4.33. The highest BCUT2D eigenvalue weighted by Gasteiger charge is 2.32. The number of hydrogen-bond donors (Lipinski definition) is 1. The van der Waals surface area contributed by atoms with E-state index in [0.717, 1.165) is 5.82 Å². The zero-order valence-electron chi connectivity index (χ0n) is 9.82. The molecule has 2 N–H and O–H groups in total. The van der Waals surface area contributed by atoms with Crippen LogP contribution in [-0.4, -0.2) is 48.8 Å². The topological polar surface area (TPSA) is 45.4 Å². The fourth-order valence-electron chi connectivity index (χ4n) is 2.00. The number of piperazine rings is 1. The second kappa shape index (κ2) is 5.01. The van der Waals surface area contributed by atoms with Gasteiger partial charge in [-0.15, -0.1) is 0 Å². The number of alkyl halides is 3. The van der Waals surface area contributed by atoms with E-state index in [1.807, 2.05) is 4.90 Å². The van der Waals surface area contributed by atoms with Crippen LogP contribution in [-0.2, 0) is 0 Å². The van der Waals surface area contributed by atoms with Gasteiger partial charge in [-0.1, -0.05) is 0 Å². The number of hydrogen-bond acceptors (Lipinski definition) is 4. The van der Waals surface area contributed by atoms with Crippen LogP contribution in [0.2, 0.25) is 0 Å². The molecule has 1 aliphatic rings. The molecular formula is C11H15F3N4. The molecule has 1 saturated heterocycles. The zero-order valence-corrected chi connectivity index (χ0v) is 9.82. The molecule has 1 aromatic rings. The molecule has 1 aliphatic heterocycles. The molecule has 2 rings (SSSR count). The third kappa shape index (κ3) is 3.49. The van der Waals surface area contributed by atoms with Crippen molar-refractivity contribution >= 4 is 11.5 Å². The smallest absolute Gasteiger partial charge is 0.399 e. The second-order valence-corrected chi connectivity index (χ2v) is 4.33. The summed E-state index contributed by atoms with van der Waals surface area (Å²) in [5, 5.41) is 0. The van der Waals surface area contributed by atoms with Crippen LogP contribution < -0.4 is 10.6 Å². The number of pyridine rings is 1. The summed E-state index contributed by atoms with van der Waals surface area (Å²) in [4.78, 5) is 7.52. The third-order valence-corrected chi connectivity index (χ3v) is 2.87. The van der Waals surface area contributed by atoms with Gasteiger partial charge in [-0.2, -0.15) is 13.2 Å². The number of rotatable bonds is 2. The molecule has 1 aromatic heterocycles. The van der Waals surface area contributed by atoms with Crippen molar-refractivity contribution in [3.05, 3.63) is 18.3 Å². The minimum absolute atomic E-state index is 0.385. The van der Waals surface area contributed by atoms with E-state index in [0.29, 0.717) is 31.9 Å². The summed E-state index contributed by atoms with van der Waals surface area (Å²) in [7, 11) is 0. The first kappa shape index (κ1) is 12.9. The standard InChI is InChI=1S/C11H15F3N4/c12-11(13,14)8-17-3-5-18(6-4-17)10-7-9(15)1-2-16-10/h1-2,7H,3-6,8H2,(H2,15,16). The highest BCUT2D eigenvalue weighted by atomic mass is 19.4. The van der Waals surface area contributed by atoms with Crippen molar-refractivity contribution in [2.45, 2.75) is 6.18 Å². The Morgan fingerprint density at radius 1 is 1.22 bits per heavy atom. The Hall–Kier alpha value is -1.50. The lowest BCUT2D eigenvalue weighted by Crippen LogP contribution is -2.49. The molecule has 100 valence electrons. The molecule has 7 heteroatoms. The van der Waals surface area contributed by atoms with Gasteiger partial charge in [0.1, 0.15) is 5.82 Å². The molecule has 0 radical (unpaired) electrons. The molecular weight excluding hydrogens is 245 g/mol. The average Bonchev–Trinajstić information content (AvgIpc) is 2.28. The van der Waals surface area contributed by atoms with E-state index >= 15 is 0 Å². The number of halogens is 3. The predicted molar refractivity (Wildman–Crippen MR) is 63.4 cm³/mol. The minimum atomic E-state index is -4.13. The normalized spacial score (nSPS) is 18.1. The van der Waals surface area contributed by atoms with Crippen LogP contribution in [0.3, 0.4) is 0 Å². The van der Waals surface area contributed by atoms with E-state index < -0.39 is 12.7 Å². The first-order valence-corrected chi connectivity index (χ1v) is 5.70. The van der Waals surface area contributed by atoms with Crippen molar-refractivity contribution in [2.24, 2.45) is 0 Å². The van der Waals surface area contributed by atoms with Gasteiger partial charge in [0.05, 0.1) is 6.54 Å². The van der Waals surface area contributed by atoms with Crippen molar-refractivity contribution in [1.82, 2.24) is 9.88 Å². The van der Waals surface area contributed by atoms with Crippen molar-refractivity contribution in [1.29, 1.82) is 0 Å². The SMILES string of the molecule is Nc1ccnc(N2CCN(CC(F)(F)F)CC2)c1. The summed E-state index contributed by atoms with van der Waals surface area (Å²) in [6, 6.07) is 3.42. The maximum absolute atomic E-state index is 12.2. The Morgan fingerprint density at radius 2 is 1.89 bits per heavy atom. The van der Waals surface area contributed by atoms with E-state index in [4.69, 9.17) is 5.73 Å². The summed E-state index contributed by atoms with van der Waals surface area (Å²) < 4.78 is 36.7. The Morgan fingerprint density at radius 3 is 2.44 bits per heavy atom. The Balaban J connectivity index is 1.91. The molecule has 0 bridgehead atoms. The van der Waals surface area contributed by atoms with E-state index in [9.17, 15) is 13.2 Å². The maximum Gasteiger partial charge on any atom is 0.401 e. The summed E-state index contributed by atoms with van der Waals surface area (Å²) in [6.07, 6.45) is -2.52. The van der Waals surface area contributed by atoms with Gasteiger partial charge in [0, 0.05) is 44.1 Å². The van der Waals surface area contributed by atoms with Gasteiger partial charge in [0.25, 0.3) is 0 Å². The Bertz CT molecular complexity index is 400. The van der Waals surface area contributed by atoms with Crippen LogP contribution in [0.5, 0.6) is 0 Å². The van der Waals surface area contributed by atoms with E-state index in [-0.39, 0.29) is 0 Å². The Labute approximate surface area is 103 Å². The molecule has 0 spiro atoms. The van der Waals surface area contributed by atoms with Crippen LogP contribution in [0, 0.1) is 0 Å². The largest absolute Gasteiger partial charge is 0.401 e. The lowest BCUT2D eigenvalue weighted by atomic mass is 10.3. The monoisotopic (exact) mass is 260 g/mol. The number of anilines is 2. The molecule has 4 nitrogen and oxygen atoms in total. The fraction of sp³-hybridized carbons (Fsp3) is 0.545. The number of nitrogens with two attached hydrogens (primary N) is 1. The van der Waals surface area contributed by atoms with Crippen LogP contribution in [0.25, 0.3) is 0 Å². The van der Waals surface area contributed by atoms with Gasteiger partial charge in [0.15, 0.2) is 0 Å². The van der Waals surface area contributed by atoms with Gasteiger partial charge in [-0.3, -0.25) is 4.90 Å². The van der Waals surface area contributed by atoms with Crippen LogP contribution in [0.4, 0.5) is 24.7 Å². The lowest BCUT2D eigenvalue weighted by Gasteiger charge is -2.35. The number of nitrogen functional groups attached to an aromatic ring is 1. The van der Waals surface area contributed by atoms with E-state index in [1.165, 1.54) is 4.90 Å². The minimum Gasteiger partial charge on any atom is -0.399 e. The van der Waals surface area contributed by atoms with Crippen molar-refractivity contribution in [3.8, 4) is 0 Å². The summed E-state index contributed by atoms with van der Waals surface area (Å²) in [5.41, 5.74) is 6.26. The zero-order chi connectivity index (χ0) is 13.2. The molecule has 0 aromatic carbocycles. The van der Waals surface area contributed by atoms with Crippen molar-refractivity contribution in [2.75, 3.05) is 43.4 Å². The lowest BCUT2D eigenvalue weighted by molar-refractivity contribution is -0.146. The molecule has 2 heterocycles. The third-order valence-electron chi connectivity index (χ3n) is 2.87. The Kier molecular flexibility index (Phi) is 3.60. The molecule has 0 unspecified atom stereocenters. The van der Waals surface area contributed by atoms with E-state index in [2.05, 4.69) is 4.98 Å². The maximum atomic E-state index is 12.2. The van der Waals surface area contributed by atoms with Crippen LogP contribution in [0.15, 0.2) is 18.3 Å². The van der Waals surface area contributed by atoms with Gasteiger partial charge in [-0.05, 0) is 6.07 Å². The molecule has 18 heavy (non-hydrogen) atoms. The summed E-state index contributed by atoms with van der Waals surface area (Å²) in [5.74, 6) is 0.724. The average molecular weight is 260 g/mol. The highest BCUT2D eigenvalue weighted by Crippen LogP contribution is 2.20. The summed E-state index contributed by atoms with van der Waals surface area (Å²) in [6.45, 7) is 0.996. The van der Waals surface area contributed by atoms with Gasteiger partial charge in [-0.25, -0.2) is 4.98 Å². The van der Waals surface area contributed by atoms with Crippen LogP contribution in [0.1, 0.15) is 0 Å². The first-order valence-electron chi connectivity index (χ1n) is 5.70. The predicted octanol–water partition coefficient (Wildman–Crippen LogP) is 1.35. The first-order chi connectivity index (χ1) is 8.44. The number of nitrogens with zero attached hydrogens (tertiary/aromatic N) is 3. The van der Waals surface area contributed by atoms with Crippen molar-refractivity contribution in [3.63, 3.8) is 0 Å². The van der Waals surface area contributed by atoms with Crippen LogP contribution >= 0.6 is 0 Å². The molecule has 0 aliphatic carbocycles. The van der Waals surface area contributed by atoms with Crippen molar-refractivity contribution < 1.29 is 13.2 Å². The summed E-state index contributed by atoms with van der Waals surface area (Å²) >= 11 is 0. The van der Waals surface area contributed by atoms with Gasteiger partial charge < -0.3 is 10.6 Å². The molecule has 1 fully saturated rings. The molecule has 0 saturated carbocycles. The van der Waals surface area contributed by atoms with Gasteiger partial charge >= 0.3 is 6.18 Å².